The molecular formula is C23H24ClNO4. The second kappa shape index (κ2) is 9.21. The third-order valence-electron chi connectivity index (χ3n) is 4.97. The number of halogens is 1. The van der Waals surface area contributed by atoms with Crippen LogP contribution < -0.4 is 14.8 Å². The molecule has 1 aliphatic rings. The van der Waals surface area contributed by atoms with Crippen LogP contribution in [0.2, 0.25) is 5.02 Å². The number of amides is 1. The van der Waals surface area contributed by atoms with E-state index in [9.17, 15) is 9.90 Å². The number of rotatable bonds is 4. The zero-order valence-electron chi connectivity index (χ0n) is 16.5. The van der Waals surface area contributed by atoms with E-state index in [2.05, 4.69) is 17.2 Å². The van der Waals surface area contributed by atoms with Gasteiger partial charge in [-0.1, -0.05) is 35.6 Å². The van der Waals surface area contributed by atoms with Crippen LogP contribution in [0.1, 0.15) is 41.6 Å². The molecule has 2 aromatic carbocycles. The van der Waals surface area contributed by atoms with Gasteiger partial charge in [-0.15, -0.1) is 0 Å². The predicted molar refractivity (Wildman–Crippen MR) is 113 cm³/mol. The van der Waals surface area contributed by atoms with E-state index in [0.29, 0.717) is 34.9 Å². The maximum atomic E-state index is 12.8. The molecule has 0 radical (unpaired) electrons. The standard InChI is InChI=1S/C23H24ClNO4/c1-28-20-10-4-9-19(21(20)29-2)22(26)25-18-8-5-12-23(27,15-18)13-11-16-6-3-7-17(24)14-16/h3-4,6-7,9-10,14,18,27H,5,8,12,15H2,1-2H3,(H,25,26)/t18-,23+/m0/s1. The Hall–Kier alpha value is -2.68. The van der Waals surface area contributed by atoms with Crippen molar-refractivity contribution in [1.29, 1.82) is 0 Å². The smallest absolute Gasteiger partial charge is 0.255 e. The second-order valence-electron chi connectivity index (χ2n) is 7.10. The molecule has 1 amide bonds. The first-order valence-electron chi connectivity index (χ1n) is 9.47. The topological polar surface area (TPSA) is 67.8 Å². The van der Waals surface area contributed by atoms with E-state index in [1.165, 1.54) is 14.2 Å². The summed E-state index contributed by atoms with van der Waals surface area (Å²) in [5.41, 5.74) is -0.0130. The number of hydrogen-bond donors (Lipinski definition) is 2. The highest BCUT2D eigenvalue weighted by molar-refractivity contribution is 6.30. The SMILES string of the molecule is COc1cccc(C(=O)N[C@H]2CCC[C@@](O)(C#Cc3cccc(Cl)c3)C2)c1OC. The lowest BCUT2D eigenvalue weighted by Crippen LogP contribution is -2.45. The van der Waals surface area contributed by atoms with Crippen LogP contribution in [0.3, 0.4) is 0 Å². The Bertz CT molecular complexity index is 949. The molecule has 2 aromatic rings. The Balaban J connectivity index is 1.72. The first-order valence-corrected chi connectivity index (χ1v) is 9.85. The predicted octanol–water partition coefficient (Wildman–Crippen LogP) is 3.81. The Kier molecular flexibility index (Phi) is 6.68. The molecule has 2 atom stereocenters. The lowest BCUT2D eigenvalue weighted by molar-refractivity contribution is 0.0452. The number of carbonyl (C=O) groups is 1. The van der Waals surface area contributed by atoms with E-state index in [0.717, 1.165) is 18.4 Å². The van der Waals surface area contributed by atoms with E-state index >= 15 is 0 Å². The minimum Gasteiger partial charge on any atom is -0.493 e. The van der Waals surface area contributed by atoms with Crippen molar-refractivity contribution < 1.29 is 19.4 Å². The van der Waals surface area contributed by atoms with Gasteiger partial charge in [-0.3, -0.25) is 4.79 Å². The van der Waals surface area contributed by atoms with Gasteiger partial charge in [-0.25, -0.2) is 0 Å². The number of para-hydroxylation sites is 1. The molecule has 0 saturated heterocycles. The fourth-order valence-electron chi connectivity index (χ4n) is 3.57. The molecule has 0 aliphatic heterocycles. The average molecular weight is 414 g/mol. The maximum Gasteiger partial charge on any atom is 0.255 e. The van der Waals surface area contributed by atoms with Gasteiger partial charge in [0.25, 0.3) is 5.91 Å². The zero-order chi connectivity index (χ0) is 20.9. The van der Waals surface area contributed by atoms with Gasteiger partial charge in [-0.05, 0) is 49.6 Å². The third kappa shape index (κ3) is 5.23. The normalized spacial score (nSPS) is 20.9. The van der Waals surface area contributed by atoms with Crippen LogP contribution in [-0.4, -0.2) is 36.9 Å². The van der Waals surface area contributed by atoms with Crippen molar-refractivity contribution in [3.05, 3.63) is 58.6 Å². The molecule has 0 spiro atoms. The van der Waals surface area contributed by atoms with Gasteiger partial charge in [0.2, 0.25) is 0 Å². The van der Waals surface area contributed by atoms with Crippen LogP contribution in [-0.2, 0) is 0 Å². The fourth-order valence-corrected chi connectivity index (χ4v) is 3.76. The second-order valence-corrected chi connectivity index (χ2v) is 7.54. The van der Waals surface area contributed by atoms with Gasteiger partial charge in [0.05, 0.1) is 19.8 Å². The third-order valence-corrected chi connectivity index (χ3v) is 5.21. The molecule has 0 heterocycles. The number of carbonyl (C=O) groups excluding carboxylic acids is 1. The summed E-state index contributed by atoms with van der Waals surface area (Å²) in [5.74, 6) is 6.59. The molecule has 2 N–H and O–H groups in total. The Labute approximate surface area is 176 Å². The van der Waals surface area contributed by atoms with Crippen LogP contribution in [0.15, 0.2) is 42.5 Å². The van der Waals surface area contributed by atoms with Crippen molar-refractivity contribution >= 4 is 17.5 Å². The fraction of sp³-hybridized carbons (Fsp3) is 0.348. The molecule has 0 unspecified atom stereocenters. The lowest BCUT2D eigenvalue weighted by atomic mass is 9.82. The van der Waals surface area contributed by atoms with Crippen LogP contribution in [0.4, 0.5) is 0 Å². The van der Waals surface area contributed by atoms with Gasteiger partial charge in [0, 0.05) is 23.0 Å². The zero-order valence-corrected chi connectivity index (χ0v) is 17.3. The van der Waals surface area contributed by atoms with Crippen molar-refractivity contribution in [3.63, 3.8) is 0 Å². The molecule has 6 heteroatoms. The van der Waals surface area contributed by atoms with Crippen LogP contribution in [0.5, 0.6) is 11.5 Å². The van der Waals surface area contributed by atoms with Crippen molar-refractivity contribution in [1.82, 2.24) is 5.32 Å². The first kappa shape index (κ1) is 21.0. The summed E-state index contributed by atoms with van der Waals surface area (Å²) in [6.45, 7) is 0. The highest BCUT2D eigenvalue weighted by atomic mass is 35.5. The van der Waals surface area contributed by atoms with Crippen LogP contribution in [0, 0.1) is 11.8 Å². The molecule has 3 rings (SSSR count). The van der Waals surface area contributed by atoms with E-state index < -0.39 is 5.60 Å². The van der Waals surface area contributed by atoms with E-state index in [1.807, 2.05) is 12.1 Å². The quantitative estimate of drug-likeness (QED) is 0.748. The molecular weight excluding hydrogens is 390 g/mol. The minimum absolute atomic E-state index is 0.189. The summed E-state index contributed by atoms with van der Waals surface area (Å²) in [6, 6.07) is 12.2. The molecule has 1 saturated carbocycles. The molecule has 152 valence electrons. The number of nitrogens with one attached hydrogen (secondary N) is 1. The summed E-state index contributed by atoms with van der Waals surface area (Å²) in [4.78, 5) is 12.8. The first-order chi connectivity index (χ1) is 13.9. The molecule has 5 nitrogen and oxygen atoms in total. The van der Waals surface area contributed by atoms with Gasteiger partial charge < -0.3 is 19.9 Å². The Morgan fingerprint density at radius 1 is 1.24 bits per heavy atom. The summed E-state index contributed by atoms with van der Waals surface area (Å²) >= 11 is 5.99. The minimum atomic E-state index is -1.16. The van der Waals surface area contributed by atoms with Crippen molar-refractivity contribution in [3.8, 4) is 23.3 Å². The van der Waals surface area contributed by atoms with Crippen molar-refractivity contribution in [2.45, 2.75) is 37.3 Å². The summed E-state index contributed by atoms with van der Waals surface area (Å²) < 4.78 is 10.6. The van der Waals surface area contributed by atoms with Gasteiger partial charge in [-0.2, -0.15) is 0 Å². The Morgan fingerprint density at radius 3 is 2.76 bits per heavy atom. The molecule has 0 bridgehead atoms. The van der Waals surface area contributed by atoms with Gasteiger partial charge in [0.15, 0.2) is 11.5 Å². The highest BCUT2D eigenvalue weighted by Gasteiger charge is 2.34. The average Bonchev–Trinajstić information content (AvgIpc) is 2.71. The number of hydrogen-bond acceptors (Lipinski definition) is 4. The Morgan fingerprint density at radius 2 is 2.03 bits per heavy atom. The molecule has 29 heavy (non-hydrogen) atoms. The van der Waals surface area contributed by atoms with E-state index in [-0.39, 0.29) is 11.9 Å². The molecule has 1 aliphatic carbocycles. The molecule has 0 aromatic heterocycles. The number of ether oxygens (including phenoxy) is 2. The number of aliphatic hydroxyl groups is 1. The monoisotopic (exact) mass is 413 g/mol. The van der Waals surface area contributed by atoms with Crippen molar-refractivity contribution in [2.75, 3.05) is 14.2 Å². The van der Waals surface area contributed by atoms with Gasteiger partial charge >= 0.3 is 0 Å². The number of methoxy groups -OCH3 is 2. The number of benzene rings is 2. The van der Waals surface area contributed by atoms with Crippen LogP contribution >= 0.6 is 11.6 Å². The van der Waals surface area contributed by atoms with Crippen molar-refractivity contribution in [2.24, 2.45) is 0 Å². The summed E-state index contributed by atoms with van der Waals surface area (Å²) in [5, 5.41) is 14.5. The molecule has 1 fully saturated rings. The highest BCUT2D eigenvalue weighted by Crippen LogP contribution is 2.32. The summed E-state index contributed by atoms with van der Waals surface area (Å²) in [6.07, 6.45) is 2.47. The van der Waals surface area contributed by atoms with E-state index in [4.69, 9.17) is 21.1 Å². The largest absolute Gasteiger partial charge is 0.493 e. The lowest BCUT2D eigenvalue weighted by Gasteiger charge is -2.33. The van der Waals surface area contributed by atoms with Gasteiger partial charge in [0.1, 0.15) is 5.60 Å². The summed E-state index contributed by atoms with van der Waals surface area (Å²) in [7, 11) is 3.03. The maximum absolute atomic E-state index is 12.8. The van der Waals surface area contributed by atoms with E-state index in [1.54, 1.807) is 30.3 Å². The van der Waals surface area contributed by atoms with Crippen LogP contribution in [0.25, 0.3) is 0 Å².